The normalized spacial score (nSPS) is 28.0. The quantitative estimate of drug-likeness (QED) is 0.638. The molecule has 0 radical (unpaired) electrons. The van der Waals surface area contributed by atoms with Gasteiger partial charge in [-0.2, -0.15) is 0 Å². The van der Waals surface area contributed by atoms with Crippen molar-refractivity contribution in [2.75, 3.05) is 0 Å². The molecule has 1 aliphatic heterocycles. The van der Waals surface area contributed by atoms with Crippen LogP contribution in [0.1, 0.15) is 55.5 Å². The standard InChI is InChI=1S/C25H30N4O2S/c1-16-8-6-11-19(17(16)2)27-24(31)25(3)15-28-21-12-5-4-10-20(21)26-22(28)23(30)29(25)14-18-9-7-13-32-18/h4-5,7,9-10,12-13,16-17,19H,6,8,11,14-15H2,1-3H3,(H,27,31)/t16-,17-,19+,25+/m1/s1. The molecule has 168 valence electrons. The van der Waals surface area contributed by atoms with Crippen LogP contribution < -0.4 is 5.32 Å². The fourth-order valence-electron chi connectivity index (χ4n) is 5.25. The number of thiophene rings is 1. The van der Waals surface area contributed by atoms with Crippen molar-refractivity contribution in [2.24, 2.45) is 11.8 Å². The van der Waals surface area contributed by atoms with Gasteiger partial charge in [-0.15, -0.1) is 11.3 Å². The first-order chi connectivity index (χ1) is 15.4. The summed E-state index contributed by atoms with van der Waals surface area (Å²) in [7, 11) is 0. The molecule has 1 N–H and O–H groups in total. The molecule has 0 spiro atoms. The van der Waals surface area contributed by atoms with Gasteiger partial charge in [0.25, 0.3) is 5.91 Å². The van der Waals surface area contributed by atoms with E-state index in [0.717, 1.165) is 28.8 Å². The van der Waals surface area contributed by atoms with Crippen LogP contribution in [0.15, 0.2) is 41.8 Å². The van der Waals surface area contributed by atoms with Crippen molar-refractivity contribution in [1.29, 1.82) is 0 Å². The number of carbonyl (C=O) groups is 2. The number of hydrogen-bond acceptors (Lipinski definition) is 4. The molecule has 0 unspecified atom stereocenters. The number of imidazole rings is 1. The van der Waals surface area contributed by atoms with Crippen molar-refractivity contribution in [2.45, 2.75) is 64.7 Å². The van der Waals surface area contributed by atoms with Crippen LogP contribution in [0.4, 0.5) is 0 Å². The Balaban J connectivity index is 1.53. The molecule has 1 fully saturated rings. The molecule has 1 aromatic carbocycles. The monoisotopic (exact) mass is 450 g/mol. The lowest BCUT2D eigenvalue weighted by Crippen LogP contribution is -2.65. The number of nitrogens with one attached hydrogen (secondary N) is 1. The third-order valence-electron chi connectivity index (χ3n) is 7.56. The second kappa shape index (κ2) is 8.03. The maximum atomic E-state index is 13.9. The van der Waals surface area contributed by atoms with Crippen LogP contribution in [0.2, 0.25) is 0 Å². The summed E-state index contributed by atoms with van der Waals surface area (Å²) in [4.78, 5) is 35.0. The molecular formula is C25H30N4O2S. The summed E-state index contributed by atoms with van der Waals surface area (Å²) in [5.74, 6) is 1.15. The Morgan fingerprint density at radius 3 is 2.81 bits per heavy atom. The number of amides is 2. The highest BCUT2D eigenvalue weighted by Gasteiger charge is 2.49. The molecule has 2 aromatic heterocycles. The molecule has 4 atom stereocenters. The molecule has 1 saturated carbocycles. The highest BCUT2D eigenvalue weighted by atomic mass is 32.1. The van der Waals surface area contributed by atoms with E-state index in [4.69, 9.17) is 0 Å². The predicted molar refractivity (Wildman–Crippen MR) is 126 cm³/mol. The average Bonchev–Trinajstić information content (AvgIpc) is 3.42. The molecule has 2 aliphatic rings. The van der Waals surface area contributed by atoms with Gasteiger partial charge in [-0.05, 0) is 48.8 Å². The van der Waals surface area contributed by atoms with Crippen LogP contribution in [0, 0.1) is 11.8 Å². The molecule has 2 amide bonds. The summed E-state index contributed by atoms with van der Waals surface area (Å²) < 4.78 is 1.93. The van der Waals surface area contributed by atoms with E-state index in [2.05, 4.69) is 24.1 Å². The molecule has 32 heavy (non-hydrogen) atoms. The van der Waals surface area contributed by atoms with Crippen LogP contribution >= 0.6 is 11.3 Å². The lowest BCUT2D eigenvalue weighted by Gasteiger charge is -2.45. The first-order valence-electron chi connectivity index (χ1n) is 11.5. The van der Waals surface area contributed by atoms with E-state index in [0.29, 0.717) is 30.7 Å². The Morgan fingerprint density at radius 2 is 2.03 bits per heavy atom. The Hall–Kier alpha value is -2.67. The zero-order chi connectivity index (χ0) is 22.5. The second-order valence-corrected chi connectivity index (χ2v) is 10.6. The van der Waals surface area contributed by atoms with Gasteiger partial charge in [0, 0.05) is 10.9 Å². The predicted octanol–water partition coefficient (Wildman–Crippen LogP) is 4.45. The van der Waals surface area contributed by atoms with E-state index in [1.54, 1.807) is 16.2 Å². The maximum absolute atomic E-state index is 13.9. The highest BCUT2D eigenvalue weighted by Crippen LogP contribution is 2.34. The number of hydrogen-bond donors (Lipinski definition) is 1. The summed E-state index contributed by atoms with van der Waals surface area (Å²) in [6.45, 7) is 7.20. The molecule has 7 heteroatoms. The number of rotatable bonds is 4. The van der Waals surface area contributed by atoms with Gasteiger partial charge in [0.1, 0.15) is 5.54 Å². The largest absolute Gasteiger partial charge is 0.351 e. The van der Waals surface area contributed by atoms with Crippen molar-refractivity contribution in [3.63, 3.8) is 0 Å². The zero-order valence-corrected chi connectivity index (χ0v) is 19.7. The third-order valence-corrected chi connectivity index (χ3v) is 8.42. The molecule has 0 saturated heterocycles. The van der Waals surface area contributed by atoms with Crippen molar-refractivity contribution >= 4 is 34.2 Å². The number of carbonyl (C=O) groups excluding carboxylic acids is 2. The fourth-order valence-corrected chi connectivity index (χ4v) is 5.94. The van der Waals surface area contributed by atoms with Gasteiger partial charge in [0.15, 0.2) is 5.82 Å². The van der Waals surface area contributed by atoms with Gasteiger partial charge in [-0.1, -0.05) is 44.9 Å². The Kier molecular flexibility index (Phi) is 5.32. The van der Waals surface area contributed by atoms with E-state index in [1.165, 1.54) is 6.42 Å². The molecule has 5 rings (SSSR count). The van der Waals surface area contributed by atoms with E-state index in [1.807, 2.05) is 53.3 Å². The minimum atomic E-state index is -1.00. The number of fused-ring (bicyclic) bond motifs is 3. The molecule has 1 aliphatic carbocycles. The first-order valence-corrected chi connectivity index (χ1v) is 12.4. The molecule has 6 nitrogen and oxygen atoms in total. The summed E-state index contributed by atoms with van der Waals surface area (Å²) in [5.41, 5.74) is 0.675. The van der Waals surface area contributed by atoms with Crippen molar-refractivity contribution in [3.05, 3.63) is 52.5 Å². The summed E-state index contributed by atoms with van der Waals surface area (Å²) >= 11 is 1.60. The Morgan fingerprint density at radius 1 is 1.22 bits per heavy atom. The lowest BCUT2D eigenvalue weighted by atomic mass is 9.77. The summed E-state index contributed by atoms with van der Waals surface area (Å²) in [6, 6.07) is 11.9. The highest BCUT2D eigenvalue weighted by molar-refractivity contribution is 7.09. The molecule has 0 bridgehead atoms. The van der Waals surface area contributed by atoms with Crippen molar-refractivity contribution in [1.82, 2.24) is 19.8 Å². The maximum Gasteiger partial charge on any atom is 0.291 e. The molecule has 3 heterocycles. The Labute approximate surface area is 192 Å². The fraction of sp³-hybridized carbons (Fsp3) is 0.480. The van der Waals surface area contributed by atoms with Crippen LogP contribution in [-0.4, -0.2) is 37.8 Å². The minimum Gasteiger partial charge on any atom is -0.351 e. The van der Waals surface area contributed by atoms with Crippen LogP contribution in [0.5, 0.6) is 0 Å². The summed E-state index contributed by atoms with van der Waals surface area (Å²) in [5, 5.41) is 5.35. The van der Waals surface area contributed by atoms with Crippen molar-refractivity contribution in [3.8, 4) is 0 Å². The number of aromatic nitrogens is 2. The van der Waals surface area contributed by atoms with Gasteiger partial charge in [-0.3, -0.25) is 9.59 Å². The minimum absolute atomic E-state index is 0.0724. The third kappa shape index (κ3) is 3.43. The smallest absolute Gasteiger partial charge is 0.291 e. The SMILES string of the molecule is C[C@@H]1[C@H](C)CCC[C@@H]1NC(=O)[C@]1(C)Cn2c(nc3ccccc32)C(=O)N1Cc1cccs1. The van der Waals surface area contributed by atoms with E-state index >= 15 is 0 Å². The lowest BCUT2D eigenvalue weighted by molar-refractivity contribution is -0.134. The van der Waals surface area contributed by atoms with Gasteiger partial charge >= 0.3 is 0 Å². The molecule has 3 aromatic rings. The van der Waals surface area contributed by atoms with Gasteiger partial charge in [0.2, 0.25) is 5.91 Å². The van der Waals surface area contributed by atoms with E-state index < -0.39 is 5.54 Å². The second-order valence-electron chi connectivity index (χ2n) is 9.60. The molecular weight excluding hydrogens is 420 g/mol. The summed E-state index contributed by atoms with van der Waals surface area (Å²) in [6.07, 6.45) is 3.32. The average molecular weight is 451 g/mol. The van der Waals surface area contributed by atoms with Gasteiger partial charge in [0.05, 0.1) is 24.1 Å². The van der Waals surface area contributed by atoms with Crippen LogP contribution in [0.3, 0.4) is 0 Å². The van der Waals surface area contributed by atoms with Crippen LogP contribution in [-0.2, 0) is 17.9 Å². The topological polar surface area (TPSA) is 67.2 Å². The number of benzene rings is 1. The number of nitrogens with zero attached hydrogens (tertiary/aromatic N) is 3. The number of para-hydroxylation sites is 2. The van der Waals surface area contributed by atoms with Crippen molar-refractivity contribution < 1.29 is 9.59 Å². The van der Waals surface area contributed by atoms with E-state index in [-0.39, 0.29) is 17.9 Å². The van der Waals surface area contributed by atoms with Gasteiger partial charge < -0.3 is 14.8 Å². The van der Waals surface area contributed by atoms with Gasteiger partial charge in [-0.25, -0.2) is 4.98 Å². The Bertz CT molecular complexity index is 1150. The zero-order valence-electron chi connectivity index (χ0n) is 18.9. The van der Waals surface area contributed by atoms with E-state index in [9.17, 15) is 9.59 Å². The van der Waals surface area contributed by atoms with Crippen LogP contribution in [0.25, 0.3) is 11.0 Å². The first kappa shape index (κ1) is 21.2.